The highest BCUT2D eigenvalue weighted by Gasteiger charge is 2.13. The maximum Gasteiger partial charge on any atom is 0.237 e. The molecule has 0 aliphatic carbocycles. The fourth-order valence-corrected chi connectivity index (χ4v) is 2.08. The summed E-state index contributed by atoms with van der Waals surface area (Å²) in [6.07, 6.45) is 0.556. The van der Waals surface area contributed by atoms with Gasteiger partial charge in [-0.25, -0.2) is 0 Å². The largest absolute Gasteiger partial charge is 0.351 e. The second kappa shape index (κ2) is 6.87. The van der Waals surface area contributed by atoms with Crippen molar-refractivity contribution in [2.45, 2.75) is 25.9 Å². The molecular formula is C17H20N2O. The predicted octanol–water partition coefficient (Wildman–Crippen LogP) is 2.18. The third-order valence-corrected chi connectivity index (χ3v) is 3.35. The number of nitrogens with one attached hydrogen (secondary N) is 1. The van der Waals surface area contributed by atoms with Gasteiger partial charge >= 0.3 is 0 Å². The van der Waals surface area contributed by atoms with Crippen LogP contribution in [0.15, 0.2) is 54.6 Å². The predicted molar refractivity (Wildman–Crippen MR) is 81.1 cm³/mol. The lowest BCUT2D eigenvalue weighted by atomic mass is 10.1. The molecule has 104 valence electrons. The van der Waals surface area contributed by atoms with Gasteiger partial charge in [-0.3, -0.25) is 4.79 Å². The van der Waals surface area contributed by atoms with E-state index in [1.165, 1.54) is 5.56 Å². The Morgan fingerprint density at radius 1 is 1.10 bits per heavy atom. The van der Waals surface area contributed by atoms with Crippen LogP contribution in [0.25, 0.3) is 0 Å². The molecule has 1 amide bonds. The molecular weight excluding hydrogens is 248 g/mol. The molecule has 0 aromatic heterocycles. The minimum absolute atomic E-state index is 0.114. The minimum atomic E-state index is -0.513. The van der Waals surface area contributed by atoms with E-state index in [1.807, 2.05) is 61.5 Å². The van der Waals surface area contributed by atoms with E-state index in [2.05, 4.69) is 5.32 Å². The average Bonchev–Trinajstić information content (AvgIpc) is 2.47. The number of rotatable bonds is 5. The van der Waals surface area contributed by atoms with Crippen molar-refractivity contribution in [2.24, 2.45) is 5.73 Å². The van der Waals surface area contributed by atoms with Gasteiger partial charge in [-0.1, -0.05) is 54.6 Å². The molecule has 2 aromatic rings. The number of carbonyl (C=O) groups excluding carboxylic acids is 1. The van der Waals surface area contributed by atoms with Crippen molar-refractivity contribution in [3.05, 3.63) is 71.3 Å². The van der Waals surface area contributed by atoms with Crippen LogP contribution in [-0.2, 0) is 17.8 Å². The van der Waals surface area contributed by atoms with E-state index in [0.717, 1.165) is 11.1 Å². The van der Waals surface area contributed by atoms with Crippen LogP contribution in [0.4, 0.5) is 0 Å². The highest BCUT2D eigenvalue weighted by molar-refractivity contribution is 5.81. The molecule has 0 spiro atoms. The summed E-state index contributed by atoms with van der Waals surface area (Å²) >= 11 is 0. The highest BCUT2D eigenvalue weighted by atomic mass is 16.2. The van der Waals surface area contributed by atoms with Crippen LogP contribution in [0.2, 0.25) is 0 Å². The van der Waals surface area contributed by atoms with E-state index in [9.17, 15) is 4.79 Å². The SMILES string of the molecule is Cc1ccccc1CNC(=O)[C@H](N)Cc1ccccc1. The van der Waals surface area contributed by atoms with Crippen LogP contribution in [0, 0.1) is 6.92 Å². The molecule has 3 N–H and O–H groups in total. The summed E-state index contributed by atoms with van der Waals surface area (Å²) in [5.74, 6) is -0.114. The minimum Gasteiger partial charge on any atom is -0.351 e. The van der Waals surface area contributed by atoms with Gasteiger partial charge in [-0.2, -0.15) is 0 Å². The maximum absolute atomic E-state index is 12.0. The molecule has 0 radical (unpaired) electrons. The monoisotopic (exact) mass is 268 g/mol. The van der Waals surface area contributed by atoms with Gasteiger partial charge in [0.15, 0.2) is 0 Å². The van der Waals surface area contributed by atoms with E-state index in [-0.39, 0.29) is 5.91 Å². The van der Waals surface area contributed by atoms with Crippen molar-refractivity contribution in [3.8, 4) is 0 Å². The number of amides is 1. The van der Waals surface area contributed by atoms with Gasteiger partial charge in [0.1, 0.15) is 0 Å². The summed E-state index contributed by atoms with van der Waals surface area (Å²) in [6.45, 7) is 2.55. The van der Waals surface area contributed by atoms with E-state index >= 15 is 0 Å². The molecule has 1 atom stereocenters. The first-order valence-electron chi connectivity index (χ1n) is 6.78. The number of hydrogen-bond donors (Lipinski definition) is 2. The standard InChI is InChI=1S/C17H20N2O/c1-13-7-5-6-10-15(13)12-19-17(20)16(18)11-14-8-3-2-4-9-14/h2-10,16H,11-12,18H2,1H3,(H,19,20)/t16-/m1/s1. The normalized spacial score (nSPS) is 11.9. The van der Waals surface area contributed by atoms with Crippen molar-refractivity contribution in [3.63, 3.8) is 0 Å². The molecule has 0 aliphatic heterocycles. The molecule has 2 rings (SSSR count). The Hall–Kier alpha value is -2.13. The zero-order valence-corrected chi connectivity index (χ0v) is 11.7. The van der Waals surface area contributed by atoms with Crippen molar-refractivity contribution < 1.29 is 4.79 Å². The number of carbonyl (C=O) groups is 1. The smallest absolute Gasteiger partial charge is 0.237 e. The summed E-state index contributed by atoms with van der Waals surface area (Å²) in [5.41, 5.74) is 9.30. The lowest BCUT2D eigenvalue weighted by molar-refractivity contribution is -0.122. The fourth-order valence-electron chi connectivity index (χ4n) is 2.08. The third-order valence-electron chi connectivity index (χ3n) is 3.35. The van der Waals surface area contributed by atoms with Gasteiger partial charge in [0.05, 0.1) is 6.04 Å². The summed E-state index contributed by atoms with van der Waals surface area (Å²) in [5, 5.41) is 2.90. The van der Waals surface area contributed by atoms with Gasteiger partial charge in [0.2, 0.25) is 5.91 Å². The molecule has 0 aliphatic rings. The van der Waals surface area contributed by atoms with E-state index in [0.29, 0.717) is 13.0 Å². The quantitative estimate of drug-likeness (QED) is 0.873. The molecule has 2 aromatic carbocycles. The zero-order chi connectivity index (χ0) is 14.4. The number of aryl methyl sites for hydroxylation is 1. The summed E-state index contributed by atoms with van der Waals surface area (Å²) in [6, 6.07) is 17.3. The molecule has 0 bridgehead atoms. The van der Waals surface area contributed by atoms with Crippen molar-refractivity contribution >= 4 is 5.91 Å². The topological polar surface area (TPSA) is 55.1 Å². The Morgan fingerprint density at radius 3 is 2.45 bits per heavy atom. The van der Waals surface area contributed by atoms with Crippen LogP contribution in [0.1, 0.15) is 16.7 Å². The van der Waals surface area contributed by atoms with Crippen LogP contribution in [-0.4, -0.2) is 11.9 Å². The van der Waals surface area contributed by atoms with Gasteiger partial charge in [-0.15, -0.1) is 0 Å². The third kappa shape index (κ3) is 3.93. The molecule has 3 heteroatoms. The summed E-state index contributed by atoms with van der Waals surface area (Å²) in [4.78, 5) is 12.0. The van der Waals surface area contributed by atoms with Crippen molar-refractivity contribution in [2.75, 3.05) is 0 Å². The second-order valence-electron chi connectivity index (χ2n) is 4.94. The van der Waals surface area contributed by atoms with Gasteiger partial charge in [0, 0.05) is 6.54 Å². The summed E-state index contributed by atoms with van der Waals surface area (Å²) < 4.78 is 0. The Bertz CT molecular complexity index is 566. The van der Waals surface area contributed by atoms with Gasteiger partial charge in [0.25, 0.3) is 0 Å². The van der Waals surface area contributed by atoms with Crippen LogP contribution < -0.4 is 11.1 Å². The molecule has 0 saturated heterocycles. The molecule has 0 saturated carbocycles. The van der Waals surface area contributed by atoms with Gasteiger partial charge in [-0.05, 0) is 30.0 Å². The Kier molecular flexibility index (Phi) is 4.91. The van der Waals surface area contributed by atoms with Crippen molar-refractivity contribution in [1.82, 2.24) is 5.32 Å². The maximum atomic E-state index is 12.0. The van der Waals surface area contributed by atoms with Crippen molar-refractivity contribution in [1.29, 1.82) is 0 Å². The lowest BCUT2D eigenvalue weighted by Crippen LogP contribution is -2.41. The molecule has 0 fully saturated rings. The first kappa shape index (κ1) is 14.3. The highest BCUT2D eigenvalue weighted by Crippen LogP contribution is 2.07. The van der Waals surface area contributed by atoms with Crippen LogP contribution in [0.3, 0.4) is 0 Å². The first-order valence-corrected chi connectivity index (χ1v) is 6.78. The fraction of sp³-hybridized carbons (Fsp3) is 0.235. The second-order valence-corrected chi connectivity index (χ2v) is 4.94. The number of nitrogens with two attached hydrogens (primary N) is 1. The van der Waals surface area contributed by atoms with E-state index < -0.39 is 6.04 Å². The Morgan fingerprint density at radius 2 is 1.75 bits per heavy atom. The molecule has 0 heterocycles. The van der Waals surface area contributed by atoms with E-state index in [1.54, 1.807) is 0 Å². The Labute approximate surface area is 119 Å². The Balaban J connectivity index is 1.87. The first-order chi connectivity index (χ1) is 9.66. The van der Waals surface area contributed by atoms with Gasteiger partial charge < -0.3 is 11.1 Å². The number of benzene rings is 2. The molecule has 3 nitrogen and oxygen atoms in total. The van der Waals surface area contributed by atoms with Crippen LogP contribution >= 0.6 is 0 Å². The molecule has 20 heavy (non-hydrogen) atoms. The lowest BCUT2D eigenvalue weighted by Gasteiger charge is -2.13. The number of hydrogen-bond acceptors (Lipinski definition) is 2. The zero-order valence-electron chi connectivity index (χ0n) is 11.7. The molecule has 0 unspecified atom stereocenters. The van der Waals surface area contributed by atoms with Crippen LogP contribution in [0.5, 0.6) is 0 Å². The van der Waals surface area contributed by atoms with E-state index in [4.69, 9.17) is 5.73 Å². The summed E-state index contributed by atoms with van der Waals surface area (Å²) in [7, 11) is 0. The average molecular weight is 268 g/mol.